The lowest BCUT2D eigenvalue weighted by Gasteiger charge is -2.32. The van der Waals surface area contributed by atoms with E-state index in [1.165, 1.54) is 23.1 Å². The number of thioether (sulfide) groups is 1. The molecule has 3 aromatic rings. The van der Waals surface area contributed by atoms with Crippen LogP contribution in [0.3, 0.4) is 0 Å². The van der Waals surface area contributed by atoms with Crippen molar-refractivity contribution in [3.8, 4) is 11.3 Å². The molecule has 1 aliphatic heterocycles. The van der Waals surface area contributed by atoms with E-state index in [0.717, 1.165) is 53.6 Å². The van der Waals surface area contributed by atoms with E-state index in [2.05, 4.69) is 15.2 Å². The second kappa shape index (κ2) is 11.7. The van der Waals surface area contributed by atoms with Crippen LogP contribution >= 0.6 is 46.3 Å². The number of benzene rings is 2. The van der Waals surface area contributed by atoms with Crippen LogP contribution in [0.1, 0.15) is 35.7 Å². The molecular formula is C25H25Cl2N3O2S2. The largest absolute Gasteiger partial charge is 0.353 e. The molecule has 0 aliphatic carbocycles. The van der Waals surface area contributed by atoms with E-state index >= 15 is 0 Å². The maximum absolute atomic E-state index is 12.5. The van der Waals surface area contributed by atoms with Gasteiger partial charge in [-0.2, -0.15) is 0 Å². The first-order valence-corrected chi connectivity index (χ1v) is 13.6. The molecule has 5 nitrogen and oxygen atoms in total. The van der Waals surface area contributed by atoms with Gasteiger partial charge in [-0.1, -0.05) is 65.3 Å². The van der Waals surface area contributed by atoms with Gasteiger partial charge in [0.2, 0.25) is 5.91 Å². The summed E-state index contributed by atoms with van der Waals surface area (Å²) in [5, 5.41) is 6.30. The van der Waals surface area contributed by atoms with E-state index in [1.807, 2.05) is 47.8 Å². The summed E-state index contributed by atoms with van der Waals surface area (Å²) in [6.07, 6.45) is 1.85. The number of piperidine rings is 1. The molecule has 9 heteroatoms. The molecule has 0 saturated carbocycles. The van der Waals surface area contributed by atoms with Gasteiger partial charge in [0.25, 0.3) is 0 Å². The number of nitrogens with zero attached hydrogens (tertiary/aromatic N) is 2. The molecule has 1 saturated heterocycles. The van der Waals surface area contributed by atoms with E-state index < -0.39 is 0 Å². The third kappa shape index (κ3) is 6.83. The summed E-state index contributed by atoms with van der Waals surface area (Å²) in [7, 11) is 0. The van der Waals surface area contributed by atoms with Crippen molar-refractivity contribution >= 4 is 58.0 Å². The Bertz CT molecular complexity index is 1160. The highest BCUT2D eigenvalue weighted by molar-refractivity contribution is 8.01. The number of carbonyl (C=O) groups is 2. The van der Waals surface area contributed by atoms with Gasteiger partial charge in [-0.25, -0.2) is 4.98 Å². The molecule has 1 fully saturated rings. The monoisotopic (exact) mass is 533 g/mol. The van der Waals surface area contributed by atoms with Crippen molar-refractivity contribution in [1.29, 1.82) is 0 Å². The summed E-state index contributed by atoms with van der Waals surface area (Å²) in [5.74, 6) is 0.430. The van der Waals surface area contributed by atoms with Gasteiger partial charge in [-0.05, 0) is 37.5 Å². The Morgan fingerprint density at radius 2 is 1.85 bits per heavy atom. The van der Waals surface area contributed by atoms with Gasteiger partial charge >= 0.3 is 0 Å². The smallest absolute Gasteiger partial charge is 0.230 e. The zero-order valence-corrected chi connectivity index (χ0v) is 21.9. The highest BCUT2D eigenvalue weighted by atomic mass is 35.5. The number of carbonyl (C=O) groups excluding carboxylic acids is 2. The van der Waals surface area contributed by atoms with Gasteiger partial charge < -0.3 is 5.32 Å². The molecule has 0 spiro atoms. The Kier molecular flexibility index (Phi) is 8.66. The normalized spacial score (nSPS) is 14.8. The highest BCUT2D eigenvalue weighted by Crippen LogP contribution is 2.29. The maximum atomic E-state index is 12.5. The summed E-state index contributed by atoms with van der Waals surface area (Å²) in [6.45, 7) is 4.24. The first-order chi connectivity index (χ1) is 16.4. The number of nitrogens with one attached hydrogen (secondary N) is 1. The Morgan fingerprint density at radius 1 is 1.12 bits per heavy atom. The maximum Gasteiger partial charge on any atom is 0.230 e. The number of aromatic nitrogens is 1. The molecule has 1 aliphatic rings. The van der Waals surface area contributed by atoms with Crippen LogP contribution < -0.4 is 5.32 Å². The molecule has 2 heterocycles. The Labute approximate surface area is 217 Å². The number of amides is 1. The summed E-state index contributed by atoms with van der Waals surface area (Å²) >= 11 is 15.1. The summed E-state index contributed by atoms with van der Waals surface area (Å²) in [4.78, 5) is 30.9. The molecule has 2 aromatic carbocycles. The van der Waals surface area contributed by atoms with Crippen molar-refractivity contribution in [2.45, 2.75) is 36.7 Å². The van der Waals surface area contributed by atoms with E-state index in [9.17, 15) is 9.59 Å². The average Bonchev–Trinajstić information content (AvgIpc) is 3.31. The third-order valence-electron chi connectivity index (χ3n) is 5.74. The fraction of sp³-hybridized carbons (Fsp3) is 0.320. The molecule has 0 atom stereocenters. The van der Waals surface area contributed by atoms with Crippen molar-refractivity contribution in [3.63, 3.8) is 0 Å². The van der Waals surface area contributed by atoms with Crippen molar-refractivity contribution in [1.82, 2.24) is 15.2 Å². The van der Waals surface area contributed by atoms with Gasteiger partial charge in [0.15, 0.2) is 10.1 Å². The predicted octanol–water partition coefficient (Wildman–Crippen LogP) is 6.19. The second-order valence-electron chi connectivity index (χ2n) is 8.29. The molecule has 0 bridgehead atoms. The quantitative estimate of drug-likeness (QED) is 0.276. The van der Waals surface area contributed by atoms with Crippen molar-refractivity contribution in [3.05, 3.63) is 69.0 Å². The van der Waals surface area contributed by atoms with Crippen LogP contribution in [0.15, 0.2) is 52.2 Å². The summed E-state index contributed by atoms with van der Waals surface area (Å²) in [6, 6.07) is 13.4. The zero-order chi connectivity index (χ0) is 24.1. The first-order valence-electron chi connectivity index (χ1n) is 11.0. The minimum atomic E-state index is 0.0375. The Balaban J connectivity index is 1.20. The Hall–Kier alpha value is -1.90. The predicted molar refractivity (Wildman–Crippen MR) is 141 cm³/mol. The number of rotatable bonds is 8. The molecule has 0 radical (unpaired) electrons. The van der Waals surface area contributed by atoms with Crippen molar-refractivity contribution in [2.24, 2.45) is 0 Å². The van der Waals surface area contributed by atoms with Gasteiger partial charge in [0.05, 0.1) is 21.5 Å². The Morgan fingerprint density at radius 3 is 2.53 bits per heavy atom. The van der Waals surface area contributed by atoms with Crippen LogP contribution in [0.5, 0.6) is 0 Å². The molecule has 1 N–H and O–H groups in total. The molecule has 178 valence electrons. The minimum Gasteiger partial charge on any atom is -0.353 e. The van der Waals surface area contributed by atoms with Gasteiger partial charge in [0, 0.05) is 42.2 Å². The molecule has 1 aromatic heterocycles. The van der Waals surface area contributed by atoms with Crippen molar-refractivity contribution < 1.29 is 9.59 Å². The first kappa shape index (κ1) is 25.2. The average molecular weight is 535 g/mol. The topological polar surface area (TPSA) is 62.3 Å². The number of hydrogen-bond acceptors (Lipinski definition) is 6. The molecular weight excluding hydrogens is 509 g/mol. The molecule has 1 amide bonds. The number of Topliss-reactive ketones (excluding diaryl/α,β-unsaturated/α-hetero) is 1. The summed E-state index contributed by atoms with van der Waals surface area (Å²) in [5.41, 5.74) is 3.65. The van der Waals surface area contributed by atoms with E-state index in [-0.39, 0.29) is 17.7 Å². The number of ketones is 1. The molecule has 34 heavy (non-hydrogen) atoms. The molecule has 4 rings (SSSR count). The van der Waals surface area contributed by atoms with Gasteiger partial charge in [-0.3, -0.25) is 14.5 Å². The van der Waals surface area contributed by atoms with E-state index in [1.54, 1.807) is 6.92 Å². The van der Waals surface area contributed by atoms with Crippen LogP contribution in [0.4, 0.5) is 0 Å². The van der Waals surface area contributed by atoms with Gasteiger partial charge in [0.1, 0.15) is 0 Å². The lowest BCUT2D eigenvalue weighted by molar-refractivity contribution is -0.119. The lowest BCUT2D eigenvalue weighted by atomic mass is 10.0. The SMILES string of the molecule is CC(=O)c1ccc(-c2csc(SCC(=O)NC3CCN(Cc4ccc(Cl)c(Cl)c4)CC3)n2)cc1. The fourth-order valence-corrected chi connectivity index (χ4v) is 5.83. The van der Waals surface area contributed by atoms with Crippen LogP contribution in [-0.4, -0.2) is 46.5 Å². The second-order valence-corrected chi connectivity index (χ2v) is 11.2. The standard InChI is InChI=1S/C25H25Cl2N3O2S2/c1-16(31)18-3-5-19(6-4-18)23-14-33-25(29-23)34-15-24(32)28-20-8-10-30(11-9-20)13-17-2-7-21(26)22(27)12-17/h2-7,12,14,20H,8-11,13,15H2,1H3,(H,28,32). The highest BCUT2D eigenvalue weighted by Gasteiger charge is 2.21. The van der Waals surface area contributed by atoms with E-state index in [0.29, 0.717) is 21.4 Å². The van der Waals surface area contributed by atoms with Crippen LogP contribution in [0.2, 0.25) is 10.0 Å². The minimum absolute atomic E-state index is 0.0375. The lowest BCUT2D eigenvalue weighted by Crippen LogP contribution is -2.44. The zero-order valence-electron chi connectivity index (χ0n) is 18.7. The number of likely N-dealkylation sites (tertiary alicyclic amines) is 1. The number of halogens is 2. The number of thiazole rings is 1. The number of hydrogen-bond donors (Lipinski definition) is 1. The van der Waals surface area contributed by atoms with E-state index in [4.69, 9.17) is 23.2 Å². The van der Waals surface area contributed by atoms with Crippen LogP contribution in [-0.2, 0) is 11.3 Å². The van der Waals surface area contributed by atoms with Gasteiger partial charge in [-0.15, -0.1) is 11.3 Å². The fourth-order valence-electron chi connectivity index (χ4n) is 3.86. The summed E-state index contributed by atoms with van der Waals surface area (Å²) < 4.78 is 0.859. The van der Waals surface area contributed by atoms with Crippen molar-refractivity contribution in [2.75, 3.05) is 18.8 Å². The third-order valence-corrected chi connectivity index (χ3v) is 8.50. The van der Waals surface area contributed by atoms with Crippen LogP contribution in [0.25, 0.3) is 11.3 Å². The van der Waals surface area contributed by atoms with Crippen LogP contribution in [0, 0.1) is 0 Å². The molecule has 0 unspecified atom stereocenters.